The summed E-state index contributed by atoms with van der Waals surface area (Å²) in [5, 5.41) is 1.59. The summed E-state index contributed by atoms with van der Waals surface area (Å²) in [4.78, 5) is 0. The van der Waals surface area contributed by atoms with Crippen LogP contribution in [0.2, 0.25) is 18.1 Å². The lowest BCUT2D eigenvalue weighted by molar-refractivity contribution is 0.292. The standard InChI is InChI=1S/C22H34BrNO2Si/c1-21(2,3)27(7,8)26-12-11-15-16-9-10-18(25-6)19(23)20(16)24-14-22(4,5)13-17(15)24/h9-10H,11-14H2,1-8H3. The van der Waals surface area contributed by atoms with Crippen molar-refractivity contribution in [1.82, 2.24) is 4.57 Å². The topological polar surface area (TPSA) is 23.4 Å². The Morgan fingerprint density at radius 1 is 1.22 bits per heavy atom. The third-order valence-electron chi connectivity index (χ3n) is 6.42. The minimum absolute atomic E-state index is 0.246. The molecule has 1 aromatic carbocycles. The molecule has 0 bridgehead atoms. The zero-order valence-corrected chi connectivity index (χ0v) is 20.7. The molecule has 0 unspecified atom stereocenters. The summed E-state index contributed by atoms with van der Waals surface area (Å²) < 4.78 is 15.6. The molecule has 0 fully saturated rings. The predicted octanol–water partition coefficient (Wildman–Crippen LogP) is 6.56. The molecule has 1 aliphatic rings. The van der Waals surface area contributed by atoms with E-state index in [1.54, 1.807) is 7.11 Å². The fourth-order valence-electron chi connectivity index (χ4n) is 3.88. The largest absolute Gasteiger partial charge is 0.495 e. The van der Waals surface area contributed by atoms with E-state index in [-0.39, 0.29) is 5.04 Å². The first kappa shape index (κ1) is 20.9. The van der Waals surface area contributed by atoms with Crippen LogP contribution >= 0.6 is 15.9 Å². The second-order valence-corrected chi connectivity index (χ2v) is 15.8. The maximum absolute atomic E-state index is 6.50. The highest BCUT2D eigenvalue weighted by Gasteiger charge is 2.38. The van der Waals surface area contributed by atoms with E-state index in [4.69, 9.17) is 9.16 Å². The Hall–Kier alpha value is -0.783. The normalized spacial score (nSPS) is 16.8. The average molecular weight is 453 g/mol. The van der Waals surface area contributed by atoms with Gasteiger partial charge in [0.15, 0.2) is 8.32 Å². The van der Waals surface area contributed by atoms with Gasteiger partial charge in [-0.25, -0.2) is 0 Å². The van der Waals surface area contributed by atoms with Gasteiger partial charge in [0.25, 0.3) is 0 Å². The number of fused-ring (bicyclic) bond motifs is 3. The van der Waals surface area contributed by atoms with Gasteiger partial charge in [0.05, 0.1) is 17.1 Å². The molecule has 27 heavy (non-hydrogen) atoms. The molecule has 5 heteroatoms. The van der Waals surface area contributed by atoms with E-state index in [2.05, 4.69) is 80.3 Å². The monoisotopic (exact) mass is 451 g/mol. The van der Waals surface area contributed by atoms with Crippen molar-refractivity contribution in [3.63, 3.8) is 0 Å². The van der Waals surface area contributed by atoms with Gasteiger partial charge in [-0.1, -0.05) is 34.6 Å². The number of nitrogens with zero attached hydrogens (tertiary/aromatic N) is 1. The number of ether oxygens (including phenoxy) is 1. The third-order valence-corrected chi connectivity index (χ3v) is 11.7. The zero-order chi connectivity index (χ0) is 20.2. The van der Waals surface area contributed by atoms with E-state index in [0.29, 0.717) is 5.41 Å². The van der Waals surface area contributed by atoms with Crippen LogP contribution in [-0.2, 0) is 23.8 Å². The first-order chi connectivity index (χ1) is 12.4. The van der Waals surface area contributed by atoms with Gasteiger partial charge in [0.2, 0.25) is 0 Å². The molecule has 2 heterocycles. The highest BCUT2D eigenvalue weighted by molar-refractivity contribution is 9.10. The van der Waals surface area contributed by atoms with Gasteiger partial charge in [-0.05, 0) is 70.0 Å². The minimum atomic E-state index is -1.72. The summed E-state index contributed by atoms with van der Waals surface area (Å²) in [5.41, 5.74) is 4.50. The van der Waals surface area contributed by atoms with Gasteiger partial charge in [0.1, 0.15) is 5.75 Å². The summed E-state index contributed by atoms with van der Waals surface area (Å²) in [6.07, 6.45) is 2.09. The quantitative estimate of drug-likeness (QED) is 0.480. The number of aromatic nitrogens is 1. The highest BCUT2D eigenvalue weighted by Crippen LogP contribution is 2.44. The van der Waals surface area contributed by atoms with E-state index in [0.717, 1.165) is 36.2 Å². The second-order valence-electron chi connectivity index (χ2n) is 10.2. The van der Waals surface area contributed by atoms with Crippen molar-refractivity contribution < 1.29 is 9.16 Å². The van der Waals surface area contributed by atoms with Crippen molar-refractivity contribution in [2.45, 2.75) is 72.1 Å². The fraction of sp³-hybridized carbons (Fsp3) is 0.636. The van der Waals surface area contributed by atoms with E-state index in [1.165, 1.54) is 22.2 Å². The van der Waals surface area contributed by atoms with E-state index >= 15 is 0 Å². The van der Waals surface area contributed by atoms with E-state index < -0.39 is 8.32 Å². The molecule has 150 valence electrons. The maximum Gasteiger partial charge on any atom is 0.191 e. The predicted molar refractivity (Wildman–Crippen MR) is 121 cm³/mol. The van der Waals surface area contributed by atoms with Gasteiger partial charge >= 0.3 is 0 Å². The molecule has 3 rings (SSSR count). The highest BCUT2D eigenvalue weighted by atomic mass is 79.9. The first-order valence-corrected chi connectivity index (χ1v) is 13.6. The molecular weight excluding hydrogens is 418 g/mol. The van der Waals surface area contributed by atoms with Crippen LogP contribution in [-0.4, -0.2) is 26.6 Å². The van der Waals surface area contributed by atoms with Crippen LogP contribution in [0.15, 0.2) is 16.6 Å². The molecule has 0 saturated carbocycles. The Balaban J connectivity index is 1.98. The molecular formula is C22H34BrNO2Si. The van der Waals surface area contributed by atoms with Gasteiger partial charge in [-0.15, -0.1) is 0 Å². The number of hydrogen-bond donors (Lipinski definition) is 0. The molecule has 0 amide bonds. The minimum Gasteiger partial charge on any atom is -0.495 e. The van der Waals surface area contributed by atoms with Crippen LogP contribution in [0.5, 0.6) is 5.75 Å². The van der Waals surface area contributed by atoms with Crippen LogP contribution in [0.3, 0.4) is 0 Å². The molecule has 0 N–H and O–H groups in total. The van der Waals surface area contributed by atoms with Crippen LogP contribution in [0.1, 0.15) is 45.9 Å². The Morgan fingerprint density at radius 2 is 1.89 bits per heavy atom. The molecule has 3 nitrogen and oxygen atoms in total. The Morgan fingerprint density at radius 3 is 2.48 bits per heavy atom. The molecule has 2 aromatic rings. The lowest BCUT2D eigenvalue weighted by Crippen LogP contribution is -2.41. The summed E-state index contributed by atoms with van der Waals surface area (Å²) in [7, 11) is 0.0123. The van der Waals surface area contributed by atoms with Crippen molar-refractivity contribution >= 4 is 35.2 Å². The Labute approximate surface area is 173 Å². The number of halogens is 1. The third kappa shape index (κ3) is 3.75. The Bertz CT molecular complexity index is 862. The van der Waals surface area contributed by atoms with Crippen molar-refractivity contribution in [1.29, 1.82) is 0 Å². The van der Waals surface area contributed by atoms with Crippen molar-refractivity contribution in [3.05, 3.63) is 27.9 Å². The van der Waals surface area contributed by atoms with Crippen LogP contribution in [0.25, 0.3) is 10.9 Å². The number of rotatable bonds is 5. The zero-order valence-electron chi connectivity index (χ0n) is 18.1. The molecule has 1 aliphatic heterocycles. The first-order valence-electron chi connectivity index (χ1n) is 9.88. The molecule has 1 aromatic heterocycles. The smallest absolute Gasteiger partial charge is 0.191 e. The summed E-state index contributed by atoms with van der Waals surface area (Å²) in [5.74, 6) is 0.900. The van der Waals surface area contributed by atoms with Gasteiger partial charge < -0.3 is 13.7 Å². The average Bonchev–Trinajstić information content (AvgIpc) is 2.98. The van der Waals surface area contributed by atoms with E-state index in [9.17, 15) is 0 Å². The van der Waals surface area contributed by atoms with Crippen LogP contribution in [0, 0.1) is 5.41 Å². The molecule has 0 atom stereocenters. The lowest BCUT2D eigenvalue weighted by atomic mass is 9.89. The van der Waals surface area contributed by atoms with Crippen molar-refractivity contribution in [2.75, 3.05) is 13.7 Å². The maximum atomic E-state index is 6.50. The van der Waals surface area contributed by atoms with Crippen LogP contribution in [0.4, 0.5) is 0 Å². The van der Waals surface area contributed by atoms with Gasteiger partial charge in [-0.2, -0.15) is 0 Å². The number of hydrogen-bond acceptors (Lipinski definition) is 2. The SMILES string of the molecule is COc1ccc2c(CCO[Si](C)(C)C(C)(C)C)c3n(c2c1Br)CC(C)(C)C3. The molecule has 0 aliphatic carbocycles. The number of methoxy groups -OCH3 is 1. The fourth-order valence-corrected chi connectivity index (χ4v) is 5.65. The van der Waals surface area contributed by atoms with Crippen LogP contribution < -0.4 is 4.74 Å². The van der Waals surface area contributed by atoms with E-state index in [1.807, 2.05) is 0 Å². The van der Waals surface area contributed by atoms with Crippen molar-refractivity contribution in [3.8, 4) is 5.75 Å². The van der Waals surface area contributed by atoms with Gasteiger partial charge in [0, 0.05) is 24.2 Å². The summed E-state index contributed by atoms with van der Waals surface area (Å²) in [6, 6.07) is 4.30. The molecule has 0 radical (unpaired) electrons. The number of benzene rings is 1. The molecule has 0 spiro atoms. The van der Waals surface area contributed by atoms with Gasteiger partial charge in [-0.3, -0.25) is 0 Å². The Kier molecular flexibility index (Phi) is 5.37. The summed E-state index contributed by atoms with van der Waals surface area (Å²) >= 11 is 3.80. The summed E-state index contributed by atoms with van der Waals surface area (Å²) in [6.45, 7) is 18.1. The molecule has 0 saturated heterocycles. The second kappa shape index (κ2) is 6.92. The van der Waals surface area contributed by atoms with Crippen molar-refractivity contribution in [2.24, 2.45) is 5.41 Å². The lowest BCUT2D eigenvalue weighted by Gasteiger charge is -2.36.